The van der Waals surface area contributed by atoms with E-state index in [4.69, 9.17) is 14.4 Å². The molecule has 94 valence electrons. The van der Waals surface area contributed by atoms with E-state index < -0.39 is 8.25 Å². The fourth-order valence-corrected chi connectivity index (χ4v) is 1.21. The number of hydrogen-bond donors (Lipinski definition) is 2. The second-order valence-corrected chi connectivity index (χ2v) is 4.42. The van der Waals surface area contributed by atoms with Crippen LogP contribution >= 0.6 is 8.25 Å². The molecule has 0 saturated heterocycles. The van der Waals surface area contributed by atoms with Gasteiger partial charge in [-0.25, -0.2) is 0 Å². The van der Waals surface area contributed by atoms with Gasteiger partial charge in [0.1, 0.15) is 0 Å². The fourth-order valence-electron chi connectivity index (χ4n) is 1.21. The summed E-state index contributed by atoms with van der Waals surface area (Å²) in [6.07, 6.45) is 3.46. The predicted molar refractivity (Wildman–Crippen MR) is 64.0 cm³/mol. The molecular formula is C10H21NO4P+. The zero-order chi connectivity index (χ0) is 13.4. The molecular weight excluding hydrogens is 229 g/mol. The van der Waals surface area contributed by atoms with E-state index in [9.17, 15) is 4.79 Å². The molecule has 5 nitrogen and oxygen atoms in total. The monoisotopic (exact) mass is 250 g/mol. The maximum atomic E-state index is 11.2. The molecule has 16 heavy (non-hydrogen) atoms. The van der Waals surface area contributed by atoms with Crippen molar-refractivity contribution in [2.75, 3.05) is 7.05 Å². The lowest BCUT2D eigenvalue weighted by molar-refractivity contribution is -0.129. The molecule has 0 spiro atoms. The van der Waals surface area contributed by atoms with E-state index in [1.165, 1.54) is 6.08 Å². The maximum absolute atomic E-state index is 11.2. The van der Waals surface area contributed by atoms with Gasteiger partial charge in [-0.05, 0) is 26.3 Å². The zero-order valence-corrected chi connectivity index (χ0v) is 11.2. The quantitative estimate of drug-likeness (QED) is 0.589. The molecule has 0 rings (SSSR count). The van der Waals surface area contributed by atoms with Crippen LogP contribution in [0, 0.1) is 0 Å². The lowest BCUT2D eigenvalue weighted by Gasteiger charge is -2.34. The van der Waals surface area contributed by atoms with Crippen molar-refractivity contribution in [1.29, 1.82) is 0 Å². The van der Waals surface area contributed by atoms with Crippen molar-refractivity contribution in [1.82, 2.24) is 4.90 Å². The largest absolute Gasteiger partial charge is 0.692 e. The predicted octanol–water partition coefficient (Wildman–Crippen LogP) is 1.84. The summed E-state index contributed by atoms with van der Waals surface area (Å²) in [5.74, 6) is -0.00606. The molecule has 0 radical (unpaired) electrons. The normalized spacial score (nSPS) is 9.88. The lowest BCUT2D eigenvalue weighted by Crippen LogP contribution is -2.44. The first-order valence-corrected chi connectivity index (χ1v) is 6.10. The third-order valence-electron chi connectivity index (χ3n) is 2.27. The molecule has 2 N–H and O–H groups in total. The molecule has 0 atom stereocenters. The van der Waals surface area contributed by atoms with Crippen LogP contribution < -0.4 is 0 Å². The number of likely N-dealkylation sites (N-methyl/N-ethyl adjacent to an activating group) is 1. The molecule has 1 amide bonds. The van der Waals surface area contributed by atoms with E-state index in [0.717, 1.165) is 12.8 Å². The molecule has 0 bridgehead atoms. The fraction of sp³-hybridized carbons (Fsp3) is 0.700. The highest BCUT2D eigenvalue weighted by Gasteiger charge is 2.24. The van der Waals surface area contributed by atoms with Crippen molar-refractivity contribution < 1.29 is 19.1 Å². The van der Waals surface area contributed by atoms with Gasteiger partial charge in [0.05, 0.1) is 0 Å². The van der Waals surface area contributed by atoms with E-state index >= 15 is 0 Å². The summed E-state index contributed by atoms with van der Waals surface area (Å²) in [5, 5.41) is 0. The topological polar surface area (TPSA) is 77.8 Å². The van der Waals surface area contributed by atoms with Gasteiger partial charge in [0.25, 0.3) is 0 Å². The molecule has 0 aromatic heterocycles. The minimum Gasteiger partial charge on any atom is -0.337 e. The molecule has 0 fully saturated rings. The molecule has 0 heterocycles. The molecule has 6 heteroatoms. The average molecular weight is 250 g/mol. The minimum absolute atomic E-state index is 0.00606. The Kier molecular flexibility index (Phi) is 9.24. The number of nitrogens with zero attached hydrogens (tertiary/aromatic N) is 1. The van der Waals surface area contributed by atoms with Gasteiger partial charge in [0, 0.05) is 17.2 Å². The molecule has 0 aromatic rings. The van der Waals surface area contributed by atoms with Gasteiger partial charge in [-0.1, -0.05) is 19.9 Å². The first-order chi connectivity index (χ1) is 7.18. The SMILES string of the molecule is C=CC(=O)N(C)C(C)(C)CCC.O=[P+](O)O. The highest BCUT2D eigenvalue weighted by Crippen LogP contribution is 2.18. The third kappa shape index (κ3) is 8.53. The Morgan fingerprint density at radius 3 is 2.12 bits per heavy atom. The van der Waals surface area contributed by atoms with Crippen LogP contribution in [0.25, 0.3) is 0 Å². The van der Waals surface area contributed by atoms with Gasteiger partial charge in [-0.2, -0.15) is 0 Å². The van der Waals surface area contributed by atoms with Crippen LogP contribution in [0.3, 0.4) is 0 Å². The second-order valence-electron chi connectivity index (χ2n) is 3.92. The second kappa shape index (κ2) is 8.39. The number of carbonyl (C=O) groups excluding carboxylic acids is 1. The summed E-state index contributed by atoms with van der Waals surface area (Å²) < 4.78 is 8.70. The van der Waals surface area contributed by atoms with Crippen LogP contribution in [0.5, 0.6) is 0 Å². The van der Waals surface area contributed by atoms with Crippen LogP contribution in [0.4, 0.5) is 0 Å². The van der Waals surface area contributed by atoms with Gasteiger partial charge in [-0.3, -0.25) is 4.79 Å². The summed E-state index contributed by atoms with van der Waals surface area (Å²) in [4.78, 5) is 27.2. The van der Waals surface area contributed by atoms with Gasteiger partial charge in [0.2, 0.25) is 5.91 Å². The van der Waals surface area contributed by atoms with E-state index in [2.05, 4.69) is 27.4 Å². The van der Waals surface area contributed by atoms with Crippen molar-refractivity contribution >= 4 is 14.2 Å². The Morgan fingerprint density at radius 1 is 1.50 bits per heavy atom. The first-order valence-electron chi connectivity index (χ1n) is 4.94. The zero-order valence-electron chi connectivity index (χ0n) is 10.3. The Labute approximate surface area is 97.7 Å². The van der Waals surface area contributed by atoms with Crippen LogP contribution in [0.1, 0.15) is 33.6 Å². The van der Waals surface area contributed by atoms with Crippen LogP contribution in [0.15, 0.2) is 12.7 Å². The Balaban J connectivity index is 0. The number of carbonyl (C=O) groups is 1. The maximum Gasteiger partial charge on any atom is 0.692 e. The van der Waals surface area contributed by atoms with Crippen molar-refractivity contribution in [2.45, 2.75) is 39.2 Å². The van der Waals surface area contributed by atoms with E-state index in [-0.39, 0.29) is 11.4 Å². The smallest absolute Gasteiger partial charge is 0.337 e. The highest BCUT2D eigenvalue weighted by molar-refractivity contribution is 7.30. The summed E-state index contributed by atoms with van der Waals surface area (Å²) in [5.41, 5.74) is -0.0555. The van der Waals surface area contributed by atoms with Gasteiger partial charge in [0.15, 0.2) is 0 Å². The van der Waals surface area contributed by atoms with E-state index in [1.54, 1.807) is 4.90 Å². The summed E-state index contributed by atoms with van der Waals surface area (Å²) in [6, 6.07) is 0. The summed E-state index contributed by atoms with van der Waals surface area (Å²) >= 11 is 0. The summed E-state index contributed by atoms with van der Waals surface area (Å²) in [7, 11) is -1.05. The Hall–Kier alpha value is -0.770. The van der Waals surface area contributed by atoms with E-state index in [1.807, 2.05) is 7.05 Å². The Morgan fingerprint density at radius 2 is 1.88 bits per heavy atom. The molecule has 0 aliphatic carbocycles. The van der Waals surface area contributed by atoms with Crippen molar-refractivity contribution in [3.05, 3.63) is 12.7 Å². The molecule has 0 aromatic carbocycles. The average Bonchev–Trinajstić information content (AvgIpc) is 2.14. The third-order valence-corrected chi connectivity index (χ3v) is 2.27. The van der Waals surface area contributed by atoms with Crippen molar-refractivity contribution in [3.8, 4) is 0 Å². The van der Waals surface area contributed by atoms with Gasteiger partial charge in [-0.15, -0.1) is 9.79 Å². The number of rotatable bonds is 4. The van der Waals surface area contributed by atoms with Gasteiger partial charge < -0.3 is 4.90 Å². The van der Waals surface area contributed by atoms with Crippen LogP contribution in [-0.2, 0) is 9.36 Å². The number of hydrogen-bond acceptors (Lipinski definition) is 2. The Bertz CT molecular complexity index is 249. The van der Waals surface area contributed by atoms with Crippen molar-refractivity contribution in [3.63, 3.8) is 0 Å². The van der Waals surface area contributed by atoms with Crippen molar-refractivity contribution in [2.24, 2.45) is 0 Å². The van der Waals surface area contributed by atoms with Crippen LogP contribution in [0.2, 0.25) is 0 Å². The number of amides is 1. The molecule has 0 unspecified atom stereocenters. The molecule has 0 saturated carbocycles. The van der Waals surface area contributed by atoms with Crippen LogP contribution in [-0.4, -0.2) is 33.2 Å². The van der Waals surface area contributed by atoms with Gasteiger partial charge >= 0.3 is 8.25 Å². The standard InChI is InChI=1S/C10H19NO.HO3P/c1-6-8-10(3,4)11(5)9(12)7-2;1-4(2)3/h7H,2,6,8H2,1,3-5H3;(H-,1,2,3)/p+1. The van der Waals surface area contributed by atoms with E-state index in [0.29, 0.717) is 0 Å². The molecule has 0 aliphatic heterocycles. The molecule has 0 aliphatic rings. The summed E-state index contributed by atoms with van der Waals surface area (Å²) in [6.45, 7) is 9.72. The minimum atomic E-state index is -2.87. The lowest BCUT2D eigenvalue weighted by atomic mass is 9.97. The first kappa shape index (κ1) is 17.6. The highest BCUT2D eigenvalue weighted by atomic mass is 31.1.